The van der Waals surface area contributed by atoms with Gasteiger partial charge in [0.05, 0.1) is 19.9 Å². The molecule has 0 saturated heterocycles. The molecule has 4 rings (SSSR count). The predicted octanol–water partition coefficient (Wildman–Crippen LogP) is 3.94. The number of halogens is 1. The van der Waals surface area contributed by atoms with E-state index in [1.54, 1.807) is 48.3 Å². The van der Waals surface area contributed by atoms with Gasteiger partial charge in [0.2, 0.25) is 5.90 Å². The number of benzene rings is 2. The van der Waals surface area contributed by atoms with Crippen LogP contribution in [0.4, 0.5) is 0 Å². The summed E-state index contributed by atoms with van der Waals surface area (Å²) < 4.78 is 12.2. The Morgan fingerprint density at radius 2 is 1.96 bits per heavy atom. The highest BCUT2D eigenvalue weighted by molar-refractivity contribution is 6.31. The van der Waals surface area contributed by atoms with Gasteiger partial charge >= 0.3 is 5.97 Å². The van der Waals surface area contributed by atoms with Gasteiger partial charge in [-0.25, -0.2) is 9.79 Å². The first-order valence-electron chi connectivity index (χ1n) is 8.55. The molecule has 0 amide bonds. The maximum atomic E-state index is 12.2. The molecule has 0 radical (unpaired) electrons. The fourth-order valence-corrected chi connectivity index (χ4v) is 2.96. The summed E-state index contributed by atoms with van der Waals surface area (Å²) in [5.41, 5.74) is 2.64. The molecule has 1 aromatic heterocycles. The van der Waals surface area contributed by atoms with Crippen molar-refractivity contribution in [1.29, 1.82) is 0 Å². The van der Waals surface area contributed by atoms with Gasteiger partial charge in [0.1, 0.15) is 5.75 Å². The molecule has 0 fully saturated rings. The van der Waals surface area contributed by atoms with Crippen molar-refractivity contribution in [3.8, 4) is 5.75 Å². The SMILES string of the molecule is COc1ccc(C2=N/C(=C\c3cnn(Cc4ccccc4Cl)c3)C(=O)O2)cc1. The molecule has 7 heteroatoms. The molecule has 0 N–H and O–H groups in total. The number of hydrogen-bond acceptors (Lipinski definition) is 5. The van der Waals surface area contributed by atoms with E-state index in [-0.39, 0.29) is 11.6 Å². The minimum Gasteiger partial charge on any atom is -0.497 e. The standard InChI is InChI=1S/C21H16ClN3O3/c1-27-17-8-6-15(7-9-17)20-24-19(21(26)28-20)10-14-11-23-25(12-14)13-16-4-2-3-5-18(16)22/h2-12H,13H2,1H3/b19-10-. The first kappa shape index (κ1) is 18.0. The summed E-state index contributed by atoms with van der Waals surface area (Å²) in [7, 11) is 1.59. The highest BCUT2D eigenvalue weighted by Gasteiger charge is 2.24. The average Bonchev–Trinajstić information content (AvgIpc) is 3.30. The summed E-state index contributed by atoms with van der Waals surface area (Å²) in [6, 6.07) is 14.7. The fourth-order valence-electron chi connectivity index (χ4n) is 2.77. The highest BCUT2D eigenvalue weighted by Crippen LogP contribution is 2.21. The van der Waals surface area contributed by atoms with E-state index in [4.69, 9.17) is 21.1 Å². The van der Waals surface area contributed by atoms with E-state index in [0.717, 1.165) is 16.9 Å². The van der Waals surface area contributed by atoms with Gasteiger partial charge in [0.25, 0.3) is 0 Å². The Balaban J connectivity index is 1.53. The van der Waals surface area contributed by atoms with Crippen molar-refractivity contribution in [2.75, 3.05) is 7.11 Å². The van der Waals surface area contributed by atoms with Crippen molar-refractivity contribution >= 4 is 29.5 Å². The van der Waals surface area contributed by atoms with Gasteiger partial charge in [-0.1, -0.05) is 29.8 Å². The van der Waals surface area contributed by atoms with Gasteiger partial charge in [-0.05, 0) is 42.0 Å². The number of cyclic esters (lactones) is 1. The van der Waals surface area contributed by atoms with Crippen molar-refractivity contribution in [3.63, 3.8) is 0 Å². The molecule has 0 saturated carbocycles. The van der Waals surface area contributed by atoms with Gasteiger partial charge in [-0.15, -0.1) is 0 Å². The maximum absolute atomic E-state index is 12.2. The topological polar surface area (TPSA) is 65.7 Å². The van der Waals surface area contributed by atoms with Crippen molar-refractivity contribution in [3.05, 3.63) is 88.3 Å². The van der Waals surface area contributed by atoms with Crippen LogP contribution in [-0.4, -0.2) is 28.8 Å². The Morgan fingerprint density at radius 3 is 2.71 bits per heavy atom. The highest BCUT2D eigenvalue weighted by atomic mass is 35.5. The van der Waals surface area contributed by atoms with Crippen LogP contribution in [0.3, 0.4) is 0 Å². The van der Waals surface area contributed by atoms with Crippen LogP contribution in [0.25, 0.3) is 6.08 Å². The number of carbonyl (C=O) groups excluding carboxylic acids is 1. The number of aromatic nitrogens is 2. The number of aliphatic imine (C=N–C) groups is 1. The smallest absolute Gasteiger partial charge is 0.363 e. The summed E-state index contributed by atoms with van der Waals surface area (Å²) in [4.78, 5) is 16.5. The van der Waals surface area contributed by atoms with Crippen LogP contribution in [0.15, 0.2) is 71.6 Å². The largest absolute Gasteiger partial charge is 0.497 e. The average molecular weight is 394 g/mol. The third-order valence-electron chi connectivity index (χ3n) is 4.20. The summed E-state index contributed by atoms with van der Waals surface area (Å²) in [6.07, 6.45) is 5.14. The van der Waals surface area contributed by atoms with Crippen LogP contribution >= 0.6 is 11.6 Å². The summed E-state index contributed by atoms with van der Waals surface area (Å²) in [5.74, 6) is 0.488. The van der Waals surface area contributed by atoms with Gasteiger partial charge in [-0.2, -0.15) is 5.10 Å². The lowest BCUT2D eigenvalue weighted by Gasteiger charge is -2.03. The monoisotopic (exact) mass is 393 g/mol. The number of carbonyl (C=O) groups is 1. The lowest BCUT2D eigenvalue weighted by molar-refractivity contribution is -0.129. The van der Waals surface area contributed by atoms with Gasteiger partial charge in [-0.3, -0.25) is 4.68 Å². The van der Waals surface area contributed by atoms with E-state index in [1.165, 1.54) is 0 Å². The predicted molar refractivity (Wildman–Crippen MR) is 106 cm³/mol. The summed E-state index contributed by atoms with van der Waals surface area (Å²) in [5, 5.41) is 5.00. The first-order valence-corrected chi connectivity index (χ1v) is 8.93. The van der Waals surface area contributed by atoms with Gasteiger partial charge in [0, 0.05) is 22.3 Å². The molecule has 0 spiro atoms. The number of nitrogens with zero attached hydrogens (tertiary/aromatic N) is 3. The third-order valence-corrected chi connectivity index (χ3v) is 4.57. The molecular weight excluding hydrogens is 378 g/mol. The fraction of sp³-hybridized carbons (Fsp3) is 0.0952. The zero-order valence-corrected chi connectivity index (χ0v) is 15.8. The molecule has 6 nitrogen and oxygen atoms in total. The zero-order valence-electron chi connectivity index (χ0n) is 15.0. The van der Waals surface area contributed by atoms with E-state index < -0.39 is 5.97 Å². The van der Waals surface area contributed by atoms with Crippen molar-refractivity contribution in [1.82, 2.24) is 9.78 Å². The van der Waals surface area contributed by atoms with Crippen LogP contribution in [-0.2, 0) is 16.1 Å². The Kier molecular flexibility index (Phi) is 4.95. The molecule has 0 aliphatic carbocycles. The minimum absolute atomic E-state index is 0.225. The molecule has 1 aliphatic rings. The van der Waals surface area contributed by atoms with E-state index >= 15 is 0 Å². The van der Waals surface area contributed by atoms with Crippen LogP contribution in [0.1, 0.15) is 16.7 Å². The molecular formula is C21H16ClN3O3. The summed E-state index contributed by atoms with van der Waals surface area (Å²) >= 11 is 6.19. The molecule has 28 heavy (non-hydrogen) atoms. The van der Waals surface area contributed by atoms with Crippen LogP contribution in [0.2, 0.25) is 5.02 Å². The Hall–Kier alpha value is -3.38. The number of rotatable bonds is 5. The van der Waals surface area contributed by atoms with E-state index in [9.17, 15) is 4.79 Å². The number of ether oxygens (including phenoxy) is 2. The number of esters is 1. The zero-order chi connectivity index (χ0) is 19.5. The van der Waals surface area contributed by atoms with Crippen LogP contribution in [0.5, 0.6) is 5.75 Å². The van der Waals surface area contributed by atoms with Crippen LogP contribution in [0, 0.1) is 0 Å². The maximum Gasteiger partial charge on any atom is 0.363 e. The second-order valence-electron chi connectivity index (χ2n) is 6.13. The third kappa shape index (κ3) is 3.82. The lowest BCUT2D eigenvalue weighted by atomic mass is 10.2. The molecule has 0 unspecified atom stereocenters. The molecule has 3 aromatic rings. The number of hydrogen-bond donors (Lipinski definition) is 0. The molecule has 2 aromatic carbocycles. The quantitative estimate of drug-likeness (QED) is 0.486. The van der Waals surface area contributed by atoms with E-state index in [2.05, 4.69) is 10.1 Å². The second-order valence-corrected chi connectivity index (χ2v) is 6.53. The minimum atomic E-state index is -0.496. The molecule has 0 bridgehead atoms. The van der Waals surface area contributed by atoms with Crippen molar-refractivity contribution < 1.29 is 14.3 Å². The van der Waals surface area contributed by atoms with Crippen molar-refractivity contribution in [2.45, 2.75) is 6.54 Å². The van der Waals surface area contributed by atoms with Crippen molar-refractivity contribution in [2.24, 2.45) is 4.99 Å². The lowest BCUT2D eigenvalue weighted by Crippen LogP contribution is -2.05. The Bertz CT molecular complexity index is 1080. The number of methoxy groups -OCH3 is 1. The Morgan fingerprint density at radius 1 is 1.18 bits per heavy atom. The van der Waals surface area contributed by atoms with E-state index in [1.807, 2.05) is 30.5 Å². The van der Waals surface area contributed by atoms with Crippen LogP contribution < -0.4 is 4.74 Å². The molecule has 1 aliphatic heterocycles. The normalized spacial score (nSPS) is 14.9. The Labute approximate surface area is 166 Å². The molecule has 140 valence electrons. The van der Waals surface area contributed by atoms with Gasteiger partial charge < -0.3 is 9.47 Å². The first-order chi connectivity index (χ1) is 13.6. The summed E-state index contributed by atoms with van der Waals surface area (Å²) in [6.45, 7) is 0.535. The molecule has 2 heterocycles. The van der Waals surface area contributed by atoms with Gasteiger partial charge in [0.15, 0.2) is 5.70 Å². The molecule has 0 atom stereocenters. The van der Waals surface area contributed by atoms with E-state index in [0.29, 0.717) is 17.1 Å². The second kappa shape index (κ2) is 7.70.